The van der Waals surface area contributed by atoms with E-state index in [1.807, 2.05) is 0 Å². The van der Waals surface area contributed by atoms with Crippen molar-refractivity contribution in [2.24, 2.45) is 0 Å². The van der Waals surface area contributed by atoms with Crippen LogP contribution in [0.1, 0.15) is 40.5 Å². The Kier molecular flexibility index (Phi) is 7.29. The van der Waals surface area contributed by atoms with Crippen LogP contribution in [0.5, 0.6) is 0 Å². The first-order valence-electron chi connectivity index (χ1n) is 7.87. The maximum absolute atomic E-state index is 9.62. The van der Waals surface area contributed by atoms with Crippen LogP contribution in [0.4, 0.5) is 0 Å². The third-order valence-electron chi connectivity index (χ3n) is 4.34. The van der Waals surface area contributed by atoms with Crippen LogP contribution < -0.4 is 5.32 Å². The van der Waals surface area contributed by atoms with Crippen molar-refractivity contribution in [3.8, 4) is 0 Å². The van der Waals surface area contributed by atoms with Gasteiger partial charge in [0.25, 0.3) is 0 Å². The van der Waals surface area contributed by atoms with E-state index >= 15 is 0 Å². The maximum atomic E-state index is 9.62. The first kappa shape index (κ1) is 16.9. The number of hydrogen-bond donors (Lipinski definition) is 2. The van der Waals surface area contributed by atoms with Gasteiger partial charge in [-0.1, -0.05) is 13.8 Å². The monoisotopic (exact) mass is 271 g/mol. The molecule has 0 radical (unpaired) electrons. The highest BCUT2D eigenvalue weighted by molar-refractivity contribution is 4.88. The van der Waals surface area contributed by atoms with Crippen molar-refractivity contribution in [1.82, 2.24) is 15.1 Å². The zero-order chi connectivity index (χ0) is 14.3. The highest BCUT2D eigenvalue weighted by atomic mass is 16.3. The molecule has 114 valence electrons. The van der Waals surface area contributed by atoms with Crippen LogP contribution in [-0.2, 0) is 0 Å². The third kappa shape index (κ3) is 5.38. The molecule has 1 heterocycles. The van der Waals surface area contributed by atoms with Crippen LogP contribution in [-0.4, -0.2) is 72.4 Å². The van der Waals surface area contributed by atoms with E-state index in [1.165, 1.54) is 6.42 Å². The minimum atomic E-state index is -0.158. The Labute approximate surface area is 119 Å². The first-order valence-corrected chi connectivity index (χ1v) is 7.87. The normalized spacial score (nSPS) is 23.2. The summed E-state index contributed by atoms with van der Waals surface area (Å²) >= 11 is 0. The summed E-state index contributed by atoms with van der Waals surface area (Å²) in [6.07, 6.45) is 2.34. The van der Waals surface area contributed by atoms with Gasteiger partial charge < -0.3 is 10.4 Å². The highest BCUT2D eigenvalue weighted by Gasteiger charge is 2.28. The molecular weight excluding hydrogens is 238 g/mol. The van der Waals surface area contributed by atoms with E-state index in [-0.39, 0.29) is 12.1 Å². The smallest absolute Gasteiger partial charge is 0.0623 e. The summed E-state index contributed by atoms with van der Waals surface area (Å²) in [7, 11) is 0. The van der Waals surface area contributed by atoms with Crippen molar-refractivity contribution in [3.63, 3.8) is 0 Å². The molecule has 0 amide bonds. The van der Waals surface area contributed by atoms with Gasteiger partial charge in [0.05, 0.1) is 12.1 Å². The first-order chi connectivity index (χ1) is 9.04. The standard InChI is InChI=1S/C15H33N3O/c1-5-7-16-15(4,13-19)12-17-8-10-18(11-9-17)14(3)6-2/h14,16,19H,5-13H2,1-4H3. The third-order valence-corrected chi connectivity index (χ3v) is 4.34. The second-order valence-corrected chi connectivity index (χ2v) is 6.21. The van der Waals surface area contributed by atoms with Crippen molar-refractivity contribution in [2.45, 2.75) is 52.1 Å². The second-order valence-electron chi connectivity index (χ2n) is 6.21. The predicted octanol–water partition coefficient (Wildman–Crippen LogP) is 1.15. The van der Waals surface area contributed by atoms with Gasteiger partial charge in [-0.3, -0.25) is 9.80 Å². The SMILES string of the molecule is CCCNC(C)(CO)CN1CCN(C(C)CC)CC1. The van der Waals surface area contributed by atoms with Crippen molar-refractivity contribution >= 4 is 0 Å². The summed E-state index contributed by atoms with van der Waals surface area (Å²) in [5.74, 6) is 0. The van der Waals surface area contributed by atoms with E-state index in [0.717, 1.165) is 45.7 Å². The Hall–Kier alpha value is -0.160. The lowest BCUT2D eigenvalue weighted by Crippen LogP contribution is -2.58. The second kappa shape index (κ2) is 8.20. The fraction of sp³-hybridized carbons (Fsp3) is 1.00. The van der Waals surface area contributed by atoms with Crippen molar-refractivity contribution in [1.29, 1.82) is 0 Å². The van der Waals surface area contributed by atoms with Gasteiger partial charge in [0, 0.05) is 38.8 Å². The Morgan fingerprint density at radius 2 is 1.84 bits per heavy atom. The molecule has 0 aliphatic carbocycles. The van der Waals surface area contributed by atoms with Crippen molar-refractivity contribution in [3.05, 3.63) is 0 Å². The van der Waals surface area contributed by atoms with Gasteiger partial charge in [0.1, 0.15) is 0 Å². The van der Waals surface area contributed by atoms with E-state index in [9.17, 15) is 5.11 Å². The molecule has 0 aromatic heterocycles. The fourth-order valence-electron chi connectivity index (χ4n) is 2.70. The summed E-state index contributed by atoms with van der Waals surface area (Å²) < 4.78 is 0. The molecule has 2 unspecified atom stereocenters. The molecule has 1 rings (SSSR count). The molecule has 2 atom stereocenters. The van der Waals surface area contributed by atoms with Crippen molar-refractivity contribution in [2.75, 3.05) is 45.9 Å². The van der Waals surface area contributed by atoms with Crippen LogP contribution in [0.2, 0.25) is 0 Å². The number of piperazine rings is 1. The lowest BCUT2D eigenvalue weighted by Gasteiger charge is -2.41. The lowest BCUT2D eigenvalue weighted by atomic mass is 10.0. The topological polar surface area (TPSA) is 38.7 Å². The molecule has 4 nitrogen and oxygen atoms in total. The molecule has 1 saturated heterocycles. The van der Waals surface area contributed by atoms with Crippen molar-refractivity contribution < 1.29 is 5.11 Å². The number of nitrogens with one attached hydrogen (secondary N) is 1. The Balaban J connectivity index is 2.38. The van der Waals surface area contributed by atoms with E-state index in [2.05, 4.69) is 42.8 Å². The van der Waals surface area contributed by atoms with E-state index in [0.29, 0.717) is 6.04 Å². The maximum Gasteiger partial charge on any atom is 0.0623 e. The average molecular weight is 271 g/mol. The summed E-state index contributed by atoms with van der Waals surface area (Å²) in [4.78, 5) is 5.06. The molecule has 0 spiro atoms. The number of nitrogens with zero attached hydrogens (tertiary/aromatic N) is 2. The molecular formula is C15H33N3O. The molecule has 1 aliphatic rings. The average Bonchev–Trinajstić information content (AvgIpc) is 2.45. The van der Waals surface area contributed by atoms with Gasteiger partial charge >= 0.3 is 0 Å². The van der Waals surface area contributed by atoms with Gasteiger partial charge in [-0.05, 0) is 33.2 Å². The minimum Gasteiger partial charge on any atom is -0.394 e. The van der Waals surface area contributed by atoms with Gasteiger partial charge in [-0.2, -0.15) is 0 Å². The zero-order valence-corrected chi connectivity index (χ0v) is 13.3. The highest BCUT2D eigenvalue weighted by Crippen LogP contribution is 2.12. The Bertz CT molecular complexity index is 242. The minimum absolute atomic E-state index is 0.158. The number of aliphatic hydroxyl groups is 1. The van der Waals surface area contributed by atoms with Crippen LogP contribution >= 0.6 is 0 Å². The summed E-state index contributed by atoms with van der Waals surface area (Å²) in [6, 6.07) is 0.699. The number of aliphatic hydroxyl groups excluding tert-OH is 1. The van der Waals surface area contributed by atoms with Crippen LogP contribution in [0.25, 0.3) is 0 Å². The predicted molar refractivity (Wildman–Crippen MR) is 81.6 cm³/mol. The largest absolute Gasteiger partial charge is 0.394 e. The van der Waals surface area contributed by atoms with Gasteiger partial charge in [0.2, 0.25) is 0 Å². The molecule has 4 heteroatoms. The fourth-order valence-corrected chi connectivity index (χ4v) is 2.70. The quantitative estimate of drug-likeness (QED) is 0.695. The molecule has 0 saturated carbocycles. The zero-order valence-electron chi connectivity index (χ0n) is 13.3. The van der Waals surface area contributed by atoms with E-state index < -0.39 is 0 Å². The molecule has 1 aliphatic heterocycles. The van der Waals surface area contributed by atoms with Gasteiger partial charge in [0.15, 0.2) is 0 Å². The van der Waals surface area contributed by atoms with Crippen LogP contribution in [0.3, 0.4) is 0 Å². The molecule has 0 aromatic rings. The molecule has 0 bridgehead atoms. The number of rotatable bonds is 8. The van der Waals surface area contributed by atoms with E-state index in [1.54, 1.807) is 0 Å². The molecule has 2 N–H and O–H groups in total. The summed E-state index contributed by atoms with van der Waals surface area (Å²) in [6.45, 7) is 15.5. The Morgan fingerprint density at radius 3 is 2.32 bits per heavy atom. The molecule has 19 heavy (non-hydrogen) atoms. The lowest BCUT2D eigenvalue weighted by molar-refractivity contribution is 0.0635. The molecule has 0 aromatic carbocycles. The summed E-state index contributed by atoms with van der Waals surface area (Å²) in [5, 5.41) is 13.1. The van der Waals surface area contributed by atoms with Gasteiger partial charge in [-0.25, -0.2) is 0 Å². The van der Waals surface area contributed by atoms with Crippen LogP contribution in [0.15, 0.2) is 0 Å². The summed E-state index contributed by atoms with van der Waals surface area (Å²) in [5.41, 5.74) is -0.158. The number of hydrogen-bond acceptors (Lipinski definition) is 4. The Morgan fingerprint density at radius 1 is 1.21 bits per heavy atom. The molecule has 1 fully saturated rings. The van der Waals surface area contributed by atoms with E-state index in [4.69, 9.17) is 0 Å². The van der Waals surface area contributed by atoms with Crippen LogP contribution in [0, 0.1) is 0 Å². The van der Waals surface area contributed by atoms with Gasteiger partial charge in [-0.15, -0.1) is 0 Å².